The molecule has 1 atom stereocenters. The van der Waals surface area contributed by atoms with E-state index in [1.54, 1.807) is 30.3 Å². The number of carbonyl (C=O) groups is 1. The van der Waals surface area contributed by atoms with E-state index in [4.69, 9.17) is 14.7 Å². The fraction of sp³-hybridized carbons (Fsp3) is 0.481. The van der Waals surface area contributed by atoms with E-state index < -0.39 is 34.6 Å². The lowest BCUT2D eigenvalue weighted by molar-refractivity contribution is 0.0538. The molecule has 42 heavy (non-hydrogen) atoms. The van der Waals surface area contributed by atoms with Crippen molar-refractivity contribution in [3.05, 3.63) is 47.4 Å². The molecule has 15 heteroatoms. The number of hydrogen-bond acceptors (Lipinski definition) is 8. The Kier molecular flexibility index (Phi) is 8.38. The second-order valence-electron chi connectivity index (χ2n) is 10.5. The number of halogens is 3. The van der Waals surface area contributed by atoms with Gasteiger partial charge in [-0.3, -0.25) is 9.11 Å². The molecule has 2 aromatic heterocycles. The zero-order chi connectivity index (χ0) is 30.2. The van der Waals surface area contributed by atoms with E-state index in [9.17, 15) is 27.1 Å². The molecule has 3 heterocycles. The van der Waals surface area contributed by atoms with Crippen LogP contribution in [-0.4, -0.2) is 73.9 Å². The second-order valence-corrected chi connectivity index (χ2v) is 12.8. The van der Waals surface area contributed by atoms with Gasteiger partial charge in [0.1, 0.15) is 22.1 Å². The molecular formula is C27H34F3N7O4S. The molecular weight excluding hydrogens is 575 g/mol. The molecule has 0 spiro atoms. The highest BCUT2D eigenvalue weighted by Gasteiger charge is 2.59. The van der Waals surface area contributed by atoms with Crippen molar-refractivity contribution >= 4 is 28.1 Å². The largest absolute Gasteiger partial charge is 0.377 e. The van der Waals surface area contributed by atoms with Crippen molar-refractivity contribution in [2.24, 2.45) is 0 Å². The van der Waals surface area contributed by atoms with Crippen molar-refractivity contribution in [3.63, 3.8) is 0 Å². The van der Waals surface area contributed by atoms with Gasteiger partial charge in [0.15, 0.2) is 5.82 Å². The molecule has 5 rings (SSSR count). The molecule has 1 aromatic carbocycles. The zero-order valence-corrected chi connectivity index (χ0v) is 24.3. The van der Waals surface area contributed by atoms with Crippen LogP contribution in [0.1, 0.15) is 43.4 Å². The van der Waals surface area contributed by atoms with Crippen LogP contribution in [0.25, 0.3) is 11.4 Å². The van der Waals surface area contributed by atoms with Crippen LogP contribution in [0.15, 0.2) is 35.2 Å². The van der Waals surface area contributed by atoms with Crippen molar-refractivity contribution in [2.45, 2.75) is 55.8 Å². The zero-order valence-electron chi connectivity index (χ0n) is 23.5. The maximum absolute atomic E-state index is 13.6. The Labute approximate surface area is 242 Å². The SMILES string of the molecule is Cc1nn(C(F)F)c(C)c1S(O)(O)C1(c2cc(N3CCOC[C@@H]3C)nc(-c3ccc(NC(=O)NCCF)cc3)n2)CC1. The van der Waals surface area contributed by atoms with Gasteiger partial charge in [-0.05, 0) is 57.9 Å². The first-order chi connectivity index (χ1) is 20.0. The average Bonchev–Trinajstić information content (AvgIpc) is 3.72. The lowest BCUT2D eigenvalue weighted by Gasteiger charge is -2.41. The topological polar surface area (TPSA) is 138 Å². The maximum Gasteiger partial charge on any atom is 0.333 e. The Morgan fingerprint density at radius 2 is 1.93 bits per heavy atom. The van der Waals surface area contributed by atoms with Gasteiger partial charge in [0.05, 0.1) is 36.3 Å². The molecule has 11 nitrogen and oxygen atoms in total. The normalized spacial score (nSPS) is 18.7. The summed E-state index contributed by atoms with van der Waals surface area (Å²) in [6.45, 7) is 2.75. The third-order valence-electron chi connectivity index (χ3n) is 7.60. The third kappa shape index (κ3) is 5.53. The van der Waals surface area contributed by atoms with Gasteiger partial charge in [-0.2, -0.15) is 24.5 Å². The monoisotopic (exact) mass is 609 g/mol. The second kappa shape index (κ2) is 11.7. The van der Waals surface area contributed by atoms with Gasteiger partial charge in [-0.1, -0.05) is 0 Å². The van der Waals surface area contributed by atoms with E-state index >= 15 is 0 Å². The summed E-state index contributed by atoms with van der Waals surface area (Å²) < 4.78 is 68.0. The van der Waals surface area contributed by atoms with E-state index in [1.807, 2.05) is 6.92 Å². The Balaban J connectivity index is 1.56. The molecule has 1 aliphatic carbocycles. The van der Waals surface area contributed by atoms with Gasteiger partial charge in [-0.25, -0.2) is 23.8 Å². The standard InChI is InChI=1S/C27H34F3N7O4S/c1-16-15-41-13-12-36(16)22-14-21(27(8-9-27)42(39,40)23-17(2)35-37(18(23)3)25(29)30)33-24(34-22)19-4-6-20(7-5-19)32-26(38)31-11-10-28/h4-7,14,16,25,39-40H,8-13,15H2,1-3H3,(H2,31,32,38)/t16-/m0/s1. The number of aryl methyl sites for hydroxylation is 1. The van der Waals surface area contributed by atoms with Crippen LogP contribution in [0.2, 0.25) is 0 Å². The van der Waals surface area contributed by atoms with Crippen LogP contribution in [-0.2, 0) is 9.48 Å². The van der Waals surface area contributed by atoms with Crippen LogP contribution < -0.4 is 15.5 Å². The first kappa shape index (κ1) is 30.1. The molecule has 228 valence electrons. The van der Waals surface area contributed by atoms with Gasteiger partial charge in [0, 0.05) is 30.4 Å². The first-order valence-corrected chi connectivity index (χ1v) is 15.1. The minimum absolute atomic E-state index is 0.00344. The summed E-state index contributed by atoms with van der Waals surface area (Å²) in [6, 6.07) is 7.95. The molecule has 1 aliphatic heterocycles. The van der Waals surface area contributed by atoms with E-state index in [0.29, 0.717) is 65.9 Å². The van der Waals surface area contributed by atoms with Crippen molar-refractivity contribution in [1.82, 2.24) is 25.1 Å². The molecule has 0 unspecified atom stereocenters. The van der Waals surface area contributed by atoms with Crippen molar-refractivity contribution in [1.29, 1.82) is 0 Å². The molecule has 2 aliphatic rings. The van der Waals surface area contributed by atoms with Crippen LogP contribution in [0.5, 0.6) is 0 Å². The quantitative estimate of drug-likeness (QED) is 0.251. The highest BCUT2D eigenvalue weighted by Crippen LogP contribution is 2.76. The number of carbonyl (C=O) groups excluding carboxylic acids is 1. The van der Waals surface area contributed by atoms with Crippen LogP contribution >= 0.6 is 10.6 Å². The van der Waals surface area contributed by atoms with Crippen LogP contribution in [0.3, 0.4) is 0 Å². The number of amides is 2. The number of aromatic nitrogens is 4. The molecule has 1 saturated carbocycles. The van der Waals surface area contributed by atoms with Gasteiger partial charge >= 0.3 is 12.6 Å². The smallest absolute Gasteiger partial charge is 0.333 e. The van der Waals surface area contributed by atoms with E-state index in [1.165, 1.54) is 13.8 Å². The number of morpholine rings is 1. The van der Waals surface area contributed by atoms with Gasteiger partial charge in [-0.15, -0.1) is 0 Å². The van der Waals surface area contributed by atoms with Crippen molar-refractivity contribution in [3.8, 4) is 11.4 Å². The fourth-order valence-corrected chi connectivity index (χ4v) is 7.71. The summed E-state index contributed by atoms with van der Waals surface area (Å²) in [5.41, 5.74) is 1.62. The van der Waals surface area contributed by atoms with E-state index in [0.717, 1.165) is 0 Å². The summed E-state index contributed by atoms with van der Waals surface area (Å²) in [7, 11) is -3.67. The minimum atomic E-state index is -3.67. The summed E-state index contributed by atoms with van der Waals surface area (Å²) in [5.74, 6) is 0.907. The Bertz CT molecular complexity index is 1450. The highest BCUT2D eigenvalue weighted by molar-refractivity contribution is 8.25. The lowest BCUT2D eigenvalue weighted by Crippen LogP contribution is -2.44. The predicted octanol–water partition coefficient (Wildman–Crippen LogP) is 5.47. The molecule has 2 amide bonds. The molecule has 1 saturated heterocycles. The fourth-order valence-electron chi connectivity index (χ4n) is 5.30. The average molecular weight is 610 g/mol. The van der Waals surface area contributed by atoms with E-state index in [2.05, 4.69) is 20.6 Å². The number of nitrogens with zero attached hydrogens (tertiary/aromatic N) is 5. The van der Waals surface area contributed by atoms with Gasteiger partial charge in [0.2, 0.25) is 0 Å². The Morgan fingerprint density at radius 1 is 1.21 bits per heavy atom. The third-order valence-corrected chi connectivity index (χ3v) is 10.5. The van der Waals surface area contributed by atoms with Gasteiger partial charge < -0.3 is 20.3 Å². The maximum atomic E-state index is 13.6. The minimum Gasteiger partial charge on any atom is -0.377 e. The van der Waals surface area contributed by atoms with E-state index in [-0.39, 0.29) is 28.9 Å². The number of nitrogens with one attached hydrogen (secondary N) is 2. The molecule has 3 aromatic rings. The lowest BCUT2D eigenvalue weighted by atomic mass is 10.1. The van der Waals surface area contributed by atoms with Crippen LogP contribution in [0, 0.1) is 13.8 Å². The number of hydrogen-bond donors (Lipinski definition) is 4. The summed E-state index contributed by atoms with van der Waals surface area (Å²) in [6.07, 6.45) is 0.777. The van der Waals surface area contributed by atoms with Crippen LogP contribution in [0.4, 0.5) is 29.5 Å². The number of benzene rings is 1. The first-order valence-electron chi connectivity index (χ1n) is 13.6. The summed E-state index contributed by atoms with van der Waals surface area (Å²) >= 11 is 0. The molecule has 2 fully saturated rings. The summed E-state index contributed by atoms with van der Waals surface area (Å²) in [5, 5.41) is 8.90. The number of ether oxygens (including phenoxy) is 1. The number of alkyl halides is 3. The number of anilines is 2. The number of urea groups is 1. The Hall–Kier alpha value is -3.40. The van der Waals surface area contributed by atoms with Gasteiger partial charge in [0.25, 0.3) is 0 Å². The molecule has 0 radical (unpaired) electrons. The molecule has 0 bridgehead atoms. The van der Waals surface area contributed by atoms with Crippen molar-refractivity contribution in [2.75, 3.05) is 43.2 Å². The summed E-state index contributed by atoms with van der Waals surface area (Å²) in [4.78, 5) is 23.6. The Morgan fingerprint density at radius 3 is 2.52 bits per heavy atom. The van der Waals surface area contributed by atoms with Crippen molar-refractivity contribution < 1.29 is 31.8 Å². The predicted molar refractivity (Wildman–Crippen MR) is 153 cm³/mol. The number of rotatable bonds is 9. The highest BCUT2D eigenvalue weighted by atomic mass is 32.3. The molecule has 4 N–H and O–H groups in total.